The first-order chi connectivity index (χ1) is 14.7. The highest BCUT2D eigenvalue weighted by molar-refractivity contribution is 7.89. The molecular weight excluding hydrogens is 436 g/mol. The molecular formula is C22H27ClN4O3S. The minimum absolute atomic E-state index is 0.00110. The number of aryl methyl sites for hydroxylation is 1. The van der Waals surface area contributed by atoms with Crippen molar-refractivity contribution < 1.29 is 13.2 Å². The van der Waals surface area contributed by atoms with Gasteiger partial charge in [-0.1, -0.05) is 17.7 Å². The lowest BCUT2D eigenvalue weighted by Crippen LogP contribution is -2.44. The van der Waals surface area contributed by atoms with Crippen LogP contribution >= 0.6 is 11.6 Å². The number of rotatable bonds is 6. The van der Waals surface area contributed by atoms with Crippen LogP contribution in [-0.2, 0) is 10.0 Å². The van der Waals surface area contributed by atoms with Crippen LogP contribution in [0.5, 0.6) is 0 Å². The molecule has 2 fully saturated rings. The van der Waals surface area contributed by atoms with Gasteiger partial charge in [0.25, 0.3) is 5.91 Å². The number of nitrogens with zero attached hydrogens (tertiary/aromatic N) is 2. The molecule has 1 heterocycles. The van der Waals surface area contributed by atoms with Gasteiger partial charge in [-0.15, -0.1) is 0 Å². The molecule has 7 nitrogen and oxygen atoms in total. The van der Waals surface area contributed by atoms with E-state index in [-0.39, 0.29) is 16.8 Å². The summed E-state index contributed by atoms with van der Waals surface area (Å²) in [6, 6.07) is 10.1. The number of piperazine rings is 1. The number of nitrogens with one attached hydrogen (secondary N) is 2. The van der Waals surface area contributed by atoms with E-state index in [2.05, 4.69) is 26.9 Å². The molecule has 2 N–H and O–H groups in total. The number of halogens is 1. The third kappa shape index (κ3) is 5.20. The maximum atomic E-state index is 13.2. The first-order valence-electron chi connectivity index (χ1n) is 10.4. The van der Waals surface area contributed by atoms with Gasteiger partial charge in [0.1, 0.15) is 0 Å². The Kier molecular flexibility index (Phi) is 6.25. The van der Waals surface area contributed by atoms with Crippen LogP contribution < -0.4 is 14.9 Å². The predicted molar refractivity (Wildman–Crippen MR) is 124 cm³/mol. The van der Waals surface area contributed by atoms with E-state index < -0.39 is 10.0 Å². The van der Waals surface area contributed by atoms with Crippen LogP contribution in [0.1, 0.15) is 28.8 Å². The molecule has 2 aliphatic rings. The van der Waals surface area contributed by atoms with Crippen LogP contribution in [0.3, 0.4) is 0 Å². The molecule has 0 unspecified atom stereocenters. The van der Waals surface area contributed by atoms with Gasteiger partial charge < -0.3 is 15.1 Å². The van der Waals surface area contributed by atoms with E-state index in [1.165, 1.54) is 12.1 Å². The van der Waals surface area contributed by atoms with Crippen molar-refractivity contribution in [3.63, 3.8) is 0 Å². The van der Waals surface area contributed by atoms with E-state index >= 15 is 0 Å². The van der Waals surface area contributed by atoms with Crippen LogP contribution in [0.25, 0.3) is 0 Å². The van der Waals surface area contributed by atoms with Crippen molar-refractivity contribution >= 4 is 38.9 Å². The van der Waals surface area contributed by atoms with Crippen LogP contribution in [-0.4, -0.2) is 58.5 Å². The minimum atomic E-state index is -3.64. The molecule has 2 aromatic carbocycles. The van der Waals surface area contributed by atoms with E-state index in [4.69, 9.17) is 11.6 Å². The van der Waals surface area contributed by atoms with Crippen molar-refractivity contribution in [3.05, 3.63) is 52.5 Å². The summed E-state index contributed by atoms with van der Waals surface area (Å²) in [5, 5.41) is 3.48. The molecule has 1 aliphatic heterocycles. The second-order valence-corrected chi connectivity index (χ2v) is 10.4. The van der Waals surface area contributed by atoms with Crippen molar-refractivity contribution in [1.29, 1.82) is 0 Å². The second kappa shape index (κ2) is 8.78. The fourth-order valence-electron chi connectivity index (χ4n) is 3.62. The molecule has 2 aromatic rings. The van der Waals surface area contributed by atoms with Gasteiger partial charge in [-0.25, -0.2) is 13.1 Å². The highest BCUT2D eigenvalue weighted by Crippen LogP contribution is 2.31. The standard InChI is InChI=1S/C22H27ClN4O3S/c1-15-3-7-18(31(29,30)25-17-5-6-17)14-19(15)22(28)24-20-13-16(23)4-8-21(20)27-11-9-26(2)10-12-27/h3-4,7-8,13-14,17,25H,5-6,9-12H2,1-2H3,(H,24,28). The van der Waals surface area contributed by atoms with Crippen LogP contribution in [0.15, 0.2) is 41.3 Å². The maximum absolute atomic E-state index is 13.2. The molecule has 1 saturated heterocycles. The second-order valence-electron chi connectivity index (χ2n) is 8.28. The Bertz CT molecular complexity index is 1090. The number of benzene rings is 2. The van der Waals surface area contributed by atoms with Crippen LogP contribution in [0.2, 0.25) is 5.02 Å². The lowest BCUT2D eigenvalue weighted by molar-refractivity contribution is 0.102. The van der Waals surface area contributed by atoms with E-state index in [1.807, 2.05) is 12.1 Å². The predicted octanol–water partition coefficient (Wildman–Crippen LogP) is 3.09. The van der Waals surface area contributed by atoms with Crippen molar-refractivity contribution in [1.82, 2.24) is 9.62 Å². The number of hydrogen-bond donors (Lipinski definition) is 2. The monoisotopic (exact) mass is 462 g/mol. The summed E-state index contributed by atoms with van der Waals surface area (Å²) in [5.41, 5.74) is 2.54. The van der Waals surface area contributed by atoms with Crippen molar-refractivity contribution in [3.8, 4) is 0 Å². The highest BCUT2D eigenvalue weighted by Gasteiger charge is 2.28. The number of amides is 1. The number of carbonyl (C=O) groups excluding carboxylic acids is 1. The first kappa shape index (κ1) is 22.1. The topological polar surface area (TPSA) is 81.7 Å². The van der Waals surface area contributed by atoms with Crippen molar-refractivity contribution in [2.45, 2.75) is 30.7 Å². The number of sulfonamides is 1. The third-order valence-corrected chi connectivity index (χ3v) is 7.47. The molecule has 0 bridgehead atoms. The summed E-state index contributed by atoms with van der Waals surface area (Å²) < 4.78 is 27.8. The van der Waals surface area contributed by atoms with Gasteiger partial charge >= 0.3 is 0 Å². The molecule has 0 atom stereocenters. The average molecular weight is 463 g/mol. The summed E-state index contributed by atoms with van der Waals surface area (Å²) in [6.07, 6.45) is 1.70. The molecule has 1 saturated carbocycles. The number of anilines is 2. The number of likely N-dealkylation sites (N-methyl/N-ethyl adjacent to an activating group) is 1. The zero-order valence-corrected chi connectivity index (χ0v) is 19.3. The van der Waals surface area contributed by atoms with Gasteiger partial charge in [-0.05, 0) is 62.7 Å². The molecule has 0 spiro atoms. The zero-order valence-electron chi connectivity index (χ0n) is 17.7. The molecule has 4 rings (SSSR count). The smallest absolute Gasteiger partial charge is 0.256 e. The van der Waals surface area contributed by atoms with E-state index in [9.17, 15) is 13.2 Å². The SMILES string of the molecule is Cc1ccc(S(=O)(=O)NC2CC2)cc1C(=O)Nc1cc(Cl)ccc1N1CCN(C)CC1. The Morgan fingerprint density at radius 3 is 2.45 bits per heavy atom. The largest absolute Gasteiger partial charge is 0.367 e. The van der Waals surface area contributed by atoms with Gasteiger partial charge in [0.15, 0.2) is 0 Å². The normalized spacial score (nSPS) is 17.6. The molecule has 1 amide bonds. The Morgan fingerprint density at radius 1 is 1.06 bits per heavy atom. The van der Waals surface area contributed by atoms with Crippen molar-refractivity contribution in [2.24, 2.45) is 0 Å². The minimum Gasteiger partial charge on any atom is -0.367 e. The van der Waals surface area contributed by atoms with Crippen LogP contribution in [0, 0.1) is 6.92 Å². The summed E-state index contributed by atoms with van der Waals surface area (Å²) in [6.45, 7) is 5.35. The Labute approximate surface area is 188 Å². The number of carbonyl (C=O) groups is 1. The van der Waals surface area contributed by atoms with Gasteiger partial charge in [-0.3, -0.25) is 4.79 Å². The summed E-state index contributed by atoms with van der Waals surface area (Å²) >= 11 is 6.21. The first-order valence-corrected chi connectivity index (χ1v) is 12.3. The Morgan fingerprint density at radius 2 is 1.77 bits per heavy atom. The molecule has 1 aliphatic carbocycles. The van der Waals surface area contributed by atoms with Gasteiger partial charge in [-0.2, -0.15) is 0 Å². The molecule has 9 heteroatoms. The fraction of sp³-hybridized carbons (Fsp3) is 0.409. The van der Waals surface area contributed by atoms with Crippen molar-refractivity contribution in [2.75, 3.05) is 43.4 Å². The number of hydrogen-bond acceptors (Lipinski definition) is 5. The summed E-state index contributed by atoms with van der Waals surface area (Å²) in [5.74, 6) is -0.362. The third-order valence-electron chi connectivity index (χ3n) is 5.71. The van der Waals surface area contributed by atoms with Gasteiger partial charge in [0.05, 0.1) is 16.3 Å². The zero-order chi connectivity index (χ0) is 22.2. The highest BCUT2D eigenvalue weighted by atomic mass is 35.5. The quantitative estimate of drug-likeness (QED) is 0.689. The Balaban J connectivity index is 1.60. The Hall–Kier alpha value is -2.13. The molecule has 31 heavy (non-hydrogen) atoms. The van der Waals surface area contributed by atoms with Crippen LogP contribution in [0.4, 0.5) is 11.4 Å². The summed E-state index contributed by atoms with van der Waals surface area (Å²) in [7, 11) is -1.56. The van der Waals surface area contributed by atoms with Gasteiger partial charge in [0, 0.05) is 42.8 Å². The van der Waals surface area contributed by atoms with E-state index in [1.54, 1.807) is 19.1 Å². The average Bonchev–Trinajstić information content (AvgIpc) is 3.52. The summed E-state index contributed by atoms with van der Waals surface area (Å²) in [4.78, 5) is 17.7. The lowest BCUT2D eigenvalue weighted by Gasteiger charge is -2.35. The molecule has 0 radical (unpaired) electrons. The van der Waals surface area contributed by atoms with E-state index in [0.717, 1.165) is 44.7 Å². The fourth-order valence-corrected chi connectivity index (χ4v) is 5.13. The lowest BCUT2D eigenvalue weighted by atomic mass is 10.1. The van der Waals surface area contributed by atoms with E-state index in [0.29, 0.717) is 21.8 Å². The van der Waals surface area contributed by atoms with Gasteiger partial charge in [0.2, 0.25) is 10.0 Å². The molecule has 0 aromatic heterocycles. The maximum Gasteiger partial charge on any atom is 0.256 e. The molecule has 166 valence electrons.